The van der Waals surface area contributed by atoms with E-state index in [1.165, 1.54) is 0 Å². The molecule has 84 valence electrons. The third-order valence-corrected chi connectivity index (χ3v) is 1.65. The molecule has 0 saturated heterocycles. The Kier molecular flexibility index (Phi) is 4.39. The molecule has 0 spiro atoms. The summed E-state index contributed by atoms with van der Waals surface area (Å²) in [5, 5.41) is 2.92. The van der Waals surface area contributed by atoms with Crippen molar-refractivity contribution >= 4 is 17.8 Å². The van der Waals surface area contributed by atoms with Crippen molar-refractivity contribution in [2.24, 2.45) is 4.99 Å². The van der Waals surface area contributed by atoms with Crippen LogP contribution in [0.5, 0.6) is 0 Å². The maximum Gasteiger partial charge on any atom is 0.398 e. The molecule has 0 aromatic heterocycles. The summed E-state index contributed by atoms with van der Waals surface area (Å²) in [6.45, 7) is 3.29. The molecule has 0 bridgehead atoms. The Morgan fingerprint density at radius 1 is 1.60 bits per heavy atom. The predicted molar refractivity (Wildman–Crippen MR) is 52.8 cm³/mol. The quantitative estimate of drug-likeness (QED) is 0.281. The fourth-order valence-corrected chi connectivity index (χ4v) is 0.980. The molecular formula is C8H14N4O3. The van der Waals surface area contributed by atoms with Crippen molar-refractivity contribution in [2.75, 3.05) is 19.7 Å². The Labute approximate surface area is 87.2 Å². The molecule has 1 rings (SSSR count). The van der Waals surface area contributed by atoms with Gasteiger partial charge in [0, 0.05) is 13.1 Å². The number of nitrogens with zero attached hydrogens (tertiary/aromatic N) is 1. The van der Waals surface area contributed by atoms with Crippen LogP contribution in [0.3, 0.4) is 0 Å². The maximum atomic E-state index is 11.0. The standard InChI is InChI=1S/C8H14N4O3/c1-2-15-7(14)6(13)11-12-8-9-4-3-5-10-8/h2-5H2,1H3,(H,11,13)(H2,9,10,12). The van der Waals surface area contributed by atoms with Crippen LogP contribution < -0.4 is 16.2 Å². The van der Waals surface area contributed by atoms with Crippen LogP contribution in [0.1, 0.15) is 13.3 Å². The highest BCUT2D eigenvalue weighted by molar-refractivity contribution is 6.32. The van der Waals surface area contributed by atoms with Gasteiger partial charge in [-0.2, -0.15) is 0 Å². The van der Waals surface area contributed by atoms with Gasteiger partial charge in [0.15, 0.2) is 0 Å². The van der Waals surface area contributed by atoms with Crippen LogP contribution in [-0.2, 0) is 14.3 Å². The number of guanidine groups is 1. The summed E-state index contributed by atoms with van der Waals surface area (Å²) in [6.07, 6.45) is 0.955. The zero-order chi connectivity index (χ0) is 11.1. The van der Waals surface area contributed by atoms with Crippen LogP contribution in [0.15, 0.2) is 4.99 Å². The van der Waals surface area contributed by atoms with E-state index in [2.05, 4.69) is 25.9 Å². The van der Waals surface area contributed by atoms with Gasteiger partial charge in [0.05, 0.1) is 6.61 Å². The number of amides is 1. The molecule has 0 aromatic carbocycles. The van der Waals surface area contributed by atoms with Crippen LogP contribution >= 0.6 is 0 Å². The first-order valence-electron chi connectivity index (χ1n) is 4.75. The largest absolute Gasteiger partial charge is 0.459 e. The Morgan fingerprint density at radius 3 is 3.00 bits per heavy atom. The molecule has 1 amide bonds. The molecule has 0 unspecified atom stereocenters. The molecule has 0 saturated carbocycles. The van der Waals surface area contributed by atoms with Crippen LogP contribution in [0.4, 0.5) is 0 Å². The van der Waals surface area contributed by atoms with E-state index in [0.717, 1.165) is 13.0 Å². The SMILES string of the molecule is CCOC(=O)C(=O)NNC1=NCCCN1. The summed E-state index contributed by atoms with van der Waals surface area (Å²) < 4.78 is 4.49. The summed E-state index contributed by atoms with van der Waals surface area (Å²) in [5.41, 5.74) is 4.68. The van der Waals surface area contributed by atoms with E-state index in [-0.39, 0.29) is 6.61 Å². The zero-order valence-corrected chi connectivity index (χ0v) is 8.50. The average Bonchev–Trinajstić information content (AvgIpc) is 2.27. The maximum absolute atomic E-state index is 11.0. The summed E-state index contributed by atoms with van der Waals surface area (Å²) >= 11 is 0. The first-order chi connectivity index (χ1) is 7.24. The second kappa shape index (κ2) is 5.84. The number of hydrogen-bond donors (Lipinski definition) is 3. The van der Waals surface area contributed by atoms with Gasteiger partial charge in [-0.25, -0.2) is 4.79 Å². The molecule has 7 heteroatoms. The molecule has 1 heterocycles. The lowest BCUT2D eigenvalue weighted by Gasteiger charge is -2.15. The Bertz CT molecular complexity index is 277. The monoisotopic (exact) mass is 214 g/mol. The summed E-state index contributed by atoms with van der Waals surface area (Å²) in [6, 6.07) is 0. The van der Waals surface area contributed by atoms with Crippen molar-refractivity contribution in [1.82, 2.24) is 16.2 Å². The lowest BCUT2D eigenvalue weighted by molar-refractivity contribution is -0.154. The molecule has 15 heavy (non-hydrogen) atoms. The highest BCUT2D eigenvalue weighted by atomic mass is 16.5. The van der Waals surface area contributed by atoms with Crippen LogP contribution in [0.2, 0.25) is 0 Å². The van der Waals surface area contributed by atoms with Gasteiger partial charge in [0.2, 0.25) is 5.96 Å². The van der Waals surface area contributed by atoms with Crippen molar-refractivity contribution in [3.63, 3.8) is 0 Å². The topological polar surface area (TPSA) is 91.8 Å². The summed E-state index contributed by atoms with van der Waals surface area (Å²) in [4.78, 5) is 26.0. The van der Waals surface area contributed by atoms with E-state index in [1.807, 2.05) is 0 Å². The van der Waals surface area contributed by atoms with Gasteiger partial charge in [-0.3, -0.25) is 20.6 Å². The molecule has 0 aliphatic carbocycles. The Balaban J connectivity index is 2.27. The van der Waals surface area contributed by atoms with Crippen molar-refractivity contribution in [1.29, 1.82) is 0 Å². The van der Waals surface area contributed by atoms with Crippen molar-refractivity contribution in [2.45, 2.75) is 13.3 Å². The van der Waals surface area contributed by atoms with Crippen LogP contribution in [0.25, 0.3) is 0 Å². The minimum absolute atomic E-state index is 0.172. The molecule has 0 radical (unpaired) electrons. The van der Waals surface area contributed by atoms with E-state index in [9.17, 15) is 9.59 Å². The first-order valence-corrected chi connectivity index (χ1v) is 4.75. The normalized spacial score (nSPS) is 14.6. The number of hydrazine groups is 1. The second-order valence-corrected chi connectivity index (χ2v) is 2.81. The number of carbonyl (C=O) groups is 2. The van der Waals surface area contributed by atoms with Gasteiger partial charge in [-0.1, -0.05) is 0 Å². The fraction of sp³-hybridized carbons (Fsp3) is 0.625. The third kappa shape index (κ3) is 3.84. The van der Waals surface area contributed by atoms with Crippen molar-refractivity contribution in [3.05, 3.63) is 0 Å². The van der Waals surface area contributed by atoms with Crippen LogP contribution in [-0.4, -0.2) is 37.5 Å². The molecule has 1 aliphatic rings. The van der Waals surface area contributed by atoms with E-state index < -0.39 is 11.9 Å². The highest BCUT2D eigenvalue weighted by Crippen LogP contribution is 1.85. The average molecular weight is 214 g/mol. The minimum Gasteiger partial charge on any atom is -0.459 e. The van der Waals surface area contributed by atoms with Gasteiger partial charge >= 0.3 is 11.9 Å². The number of aliphatic imine (C=N–C) groups is 1. The van der Waals surface area contributed by atoms with Gasteiger partial charge in [-0.15, -0.1) is 0 Å². The van der Waals surface area contributed by atoms with Gasteiger partial charge in [0.25, 0.3) is 0 Å². The number of esters is 1. The van der Waals surface area contributed by atoms with Gasteiger partial charge < -0.3 is 10.1 Å². The predicted octanol–water partition coefficient (Wildman–Crippen LogP) is -1.48. The number of hydrogen-bond acceptors (Lipinski definition) is 6. The Morgan fingerprint density at radius 2 is 2.40 bits per heavy atom. The number of carbonyl (C=O) groups excluding carboxylic acids is 2. The van der Waals surface area contributed by atoms with E-state index in [0.29, 0.717) is 12.5 Å². The van der Waals surface area contributed by atoms with Gasteiger partial charge in [0.1, 0.15) is 0 Å². The summed E-state index contributed by atoms with van der Waals surface area (Å²) in [5.74, 6) is -1.30. The van der Waals surface area contributed by atoms with Crippen LogP contribution in [0, 0.1) is 0 Å². The molecule has 0 fully saturated rings. The lowest BCUT2D eigenvalue weighted by Crippen LogP contribution is -2.51. The van der Waals surface area contributed by atoms with E-state index >= 15 is 0 Å². The molecule has 7 nitrogen and oxygen atoms in total. The van der Waals surface area contributed by atoms with E-state index in [4.69, 9.17) is 0 Å². The fourth-order valence-electron chi connectivity index (χ4n) is 0.980. The Hall–Kier alpha value is -1.79. The molecule has 3 N–H and O–H groups in total. The van der Waals surface area contributed by atoms with E-state index in [1.54, 1.807) is 6.92 Å². The molecular weight excluding hydrogens is 200 g/mol. The van der Waals surface area contributed by atoms with Gasteiger partial charge in [-0.05, 0) is 13.3 Å². The summed E-state index contributed by atoms with van der Waals surface area (Å²) in [7, 11) is 0. The second-order valence-electron chi connectivity index (χ2n) is 2.81. The molecule has 0 atom stereocenters. The van der Waals surface area contributed by atoms with Crippen molar-refractivity contribution in [3.8, 4) is 0 Å². The highest BCUT2D eigenvalue weighted by Gasteiger charge is 2.14. The smallest absolute Gasteiger partial charge is 0.398 e. The lowest BCUT2D eigenvalue weighted by atomic mass is 10.4. The van der Waals surface area contributed by atoms with Crippen molar-refractivity contribution < 1.29 is 14.3 Å². The molecule has 1 aliphatic heterocycles. The molecule has 0 aromatic rings. The number of nitrogens with one attached hydrogen (secondary N) is 3. The third-order valence-electron chi connectivity index (χ3n) is 1.65. The minimum atomic E-state index is -0.915. The zero-order valence-electron chi connectivity index (χ0n) is 8.50. The first kappa shape index (κ1) is 11.3. The number of rotatable bonds is 1. The number of ether oxygens (including phenoxy) is 1.